The number of methoxy groups -OCH3 is 1. The standard InChI is InChI=1S/C21H25N3O4S/c1-28-14-13-22-19(25)15-29-18-10-6-5-9-17(18)21(27)24-12-11-23-20(26)16-7-3-2-4-8-16/h2-10H,11-15H2,1H3,(H,22,25)(H,23,26)(H,24,27). The highest BCUT2D eigenvalue weighted by molar-refractivity contribution is 8.00. The second-order valence-corrected chi connectivity index (χ2v) is 7.02. The number of carbonyl (C=O) groups excluding carboxylic acids is 3. The monoisotopic (exact) mass is 415 g/mol. The summed E-state index contributed by atoms with van der Waals surface area (Å²) in [6.45, 7) is 1.52. The molecule has 0 aliphatic carbocycles. The first-order valence-electron chi connectivity index (χ1n) is 9.20. The quantitative estimate of drug-likeness (QED) is 0.383. The number of hydrogen-bond donors (Lipinski definition) is 3. The fraction of sp³-hybridized carbons (Fsp3) is 0.286. The molecular weight excluding hydrogens is 390 g/mol. The maximum atomic E-state index is 12.5. The third-order valence-corrected chi connectivity index (χ3v) is 4.92. The predicted octanol–water partition coefficient (Wildman–Crippen LogP) is 1.70. The smallest absolute Gasteiger partial charge is 0.252 e. The molecule has 0 spiro atoms. The van der Waals surface area contributed by atoms with Crippen LogP contribution in [0.2, 0.25) is 0 Å². The van der Waals surface area contributed by atoms with E-state index in [1.807, 2.05) is 12.1 Å². The van der Waals surface area contributed by atoms with Gasteiger partial charge in [-0.3, -0.25) is 14.4 Å². The summed E-state index contributed by atoms with van der Waals surface area (Å²) in [5, 5.41) is 8.30. The van der Waals surface area contributed by atoms with Crippen LogP contribution in [0, 0.1) is 0 Å². The Kier molecular flexibility index (Phi) is 9.74. The van der Waals surface area contributed by atoms with Crippen molar-refractivity contribution < 1.29 is 19.1 Å². The van der Waals surface area contributed by atoms with E-state index in [1.165, 1.54) is 11.8 Å². The average Bonchev–Trinajstić information content (AvgIpc) is 2.76. The SMILES string of the molecule is COCCNC(=O)CSc1ccccc1C(=O)NCCNC(=O)c1ccccc1. The molecule has 8 heteroatoms. The number of nitrogens with one attached hydrogen (secondary N) is 3. The minimum Gasteiger partial charge on any atom is -0.383 e. The van der Waals surface area contributed by atoms with Crippen LogP contribution in [0.5, 0.6) is 0 Å². The minimum atomic E-state index is -0.248. The van der Waals surface area contributed by atoms with Gasteiger partial charge in [-0.25, -0.2) is 0 Å². The van der Waals surface area contributed by atoms with Crippen molar-refractivity contribution >= 4 is 29.5 Å². The first-order chi connectivity index (χ1) is 14.1. The Hall–Kier alpha value is -2.84. The summed E-state index contributed by atoms with van der Waals surface area (Å²) >= 11 is 1.30. The summed E-state index contributed by atoms with van der Waals surface area (Å²) in [5.74, 6) is -0.343. The molecule has 0 heterocycles. The second-order valence-electron chi connectivity index (χ2n) is 6.01. The van der Waals surface area contributed by atoms with E-state index < -0.39 is 0 Å². The van der Waals surface area contributed by atoms with Gasteiger partial charge in [0.2, 0.25) is 5.91 Å². The Labute approximate surface area is 174 Å². The van der Waals surface area contributed by atoms with Crippen LogP contribution in [0.3, 0.4) is 0 Å². The molecule has 154 valence electrons. The molecule has 0 fully saturated rings. The third kappa shape index (κ3) is 7.97. The first kappa shape index (κ1) is 22.4. The van der Waals surface area contributed by atoms with E-state index >= 15 is 0 Å². The molecule has 0 saturated heterocycles. The number of hydrogen-bond acceptors (Lipinski definition) is 5. The molecule has 0 bridgehead atoms. The predicted molar refractivity (Wildman–Crippen MR) is 113 cm³/mol. The highest BCUT2D eigenvalue weighted by Gasteiger charge is 2.12. The van der Waals surface area contributed by atoms with Gasteiger partial charge in [0, 0.05) is 37.2 Å². The Morgan fingerprint density at radius 3 is 2.21 bits per heavy atom. The summed E-state index contributed by atoms with van der Waals surface area (Å²) in [7, 11) is 1.57. The number of amides is 3. The fourth-order valence-electron chi connectivity index (χ4n) is 2.41. The van der Waals surface area contributed by atoms with E-state index in [9.17, 15) is 14.4 Å². The summed E-state index contributed by atoms with van der Waals surface area (Å²) in [5.41, 5.74) is 1.07. The van der Waals surface area contributed by atoms with Crippen molar-refractivity contribution in [1.82, 2.24) is 16.0 Å². The number of rotatable bonds is 11. The molecule has 0 unspecified atom stereocenters. The molecule has 0 saturated carbocycles. The van der Waals surface area contributed by atoms with Gasteiger partial charge in [0.15, 0.2) is 0 Å². The number of thioether (sulfide) groups is 1. The van der Waals surface area contributed by atoms with Gasteiger partial charge >= 0.3 is 0 Å². The lowest BCUT2D eigenvalue weighted by Crippen LogP contribution is -2.34. The van der Waals surface area contributed by atoms with Crippen molar-refractivity contribution in [3.8, 4) is 0 Å². The van der Waals surface area contributed by atoms with E-state index in [0.717, 1.165) is 4.90 Å². The lowest BCUT2D eigenvalue weighted by Gasteiger charge is -2.11. The lowest BCUT2D eigenvalue weighted by molar-refractivity contribution is -0.118. The Morgan fingerprint density at radius 2 is 1.48 bits per heavy atom. The van der Waals surface area contributed by atoms with Crippen LogP contribution in [-0.4, -0.2) is 56.8 Å². The summed E-state index contributed by atoms with van der Waals surface area (Å²) in [4.78, 5) is 37.0. The van der Waals surface area contributed by atoms with Gasteiger partial charge in [-0.1, -0.05) is 30.3 Å². The normalized spacial score (nSPS) is 10.2. The van der Waals surface area contributed by atoms with E-state index in [1.54, 1.807) is 49.6 Å². The van der Waals surface area contributed by atoms with Crippen molar-refractivity contribution in [2.45, 2.75) is 4.90 Å². The van der Waals surface area contributed by atoms with E-state index in [-0.39, 0.29) is 23.5 Å². The van der Waals surface area contributed by atoms with Gasteiger partial charge in [-0.15, -0.1) is 11.8 Å². The van der Waals surface area contributed by atoms with Crippen LogP contribution < -0.4 is 16.0 Å². The summed E-state index contributed by atoms with van der Waals surface area (Å²) in [6, 6.07) is 16.0. The molecule has 7 nitrogen and oxygen atoms in total. The number of benzene rings is 2. The largest absolute Gasteiger partial charge is 0.383 e. The topological polar surface area (TPSA) is 96.5 Å². The summed E-state index contributed by atoms with van der Waals surface area (Å²) in [6.07, 6.45) is 0. The van der Waals surface area contributed by atoms with E-state index in [2.05, 4.69) is 16.0 Å². The maximum absolute atomic E-state index is 12.5. The van der Waals surface area contributed by atoms with Crippen LogP contribution >= 0.6 is 11.8 Å². The minimum absolute atomic E-state index is 0.120. The molecule has 29 heavy (non-hydrogen) atoms. The molecule has 0 aromatic heterocycles. The van der Waals surface area contributed by atoms with Gasteiger partial charge < -0.3 is 20.7 Å². The Bertz CT molecular complexity index is 815. The third-order valence-electron chi connectivity index (χ3n) is 3.85. The van der Waals surface area contributed by atoms with Crippen LogP contribution in [0.1, 0.15) is 20.7 Å². The van der Waals surface area contributed by atoms with Crippen molar-refractivity contribution in [1.29, 1.82) is 0 Å². The second kappa shape index (κ2) is 12.6. The summed E-state index contributed by atoms with van der Waals surface area (Å²) < 4.78 is 4.89. The molecule has 0 atom stereocenters. The van der Waals surface area contributed by atoms with Crippen LogP contribution in [0.25, 0.3) is 0 Å². The number of carbonyl (C=O) groups is 3. The highest BCUT2D eigenvalue weighted by Crippen LogP contribution is 2.22. The molecule has 0 aliphatic heterocycles. The van der Waals surface area contributed by atoms with Gasteiger partial charge in [0.1, 0.15) is 0 Å². The molecule has 2 aromatic carbocycles. The van der Waals surface area contributed by atoms with Crippen molar-refractivity contribution in [3.05, 3.63) is 65.7 Å². The first-order valence-corrected chi connectivity index (χ1v) is 10.2. The Balaban J connectivity index is 1.78. The van der Waals surface area contributed by atoms with Crippen molar-refractivity contribution in [3.63, 3.8) is 0 Å². The number of ether oxygens (including phenoxy) is 1. The van der Waals surface area contributed by atoms with Gasteiger partial charge in [0.05, 0.1) is 17.9 Å². The molecule has 3 amide bonds. The molecule has 2 rings (SSSR count). The Morgan fingerprint density at radius 1 is 0.828 bits per heavy atom. The zero-order valence-corrected chi connectivity index (χ0v) is 17.1. The van der Waals surface area contributed by atoms with Crippen LogP contribution in [-0.2, 0) is 9.53 Å². The molecular formula is C21H25N3O4S. The van der Waals surface area contributed by atoms with E-state index in [0.29, 0.717) is 37.4 Å². The lowest BCUT2D eigenvalue weighted by atomic mass is 10.2. The maximum Gasteiger partial charge on any atom is 0.252 e. The molecule has 2 aromatic rings. The van der Waals surface area contributed by atoms with Gasteiger partial charge in [-0.2, -0.15) is 0 Å². The zero-order valence-electron chi connectivity index (χ0n) is 16.3. The van der Waals surface area contributed by atoms with Crippen molar-refractivity contribution in [2.24, 2.45) is 0 Å². The molecule has 0 aliphatic rings. The van der Waals surface area contributed by atoms with E-state index in [4.69, 9.17) is 4.74 Å². The van der Waals surface area contributed by atoms with Crippen LogP contribution in [0.15, 0.2) is 59.5 Å². The van der Waals surface area contributed by atoms with Crippen molar-refractivity contribution in [2.75, 3.05) is 39.1 Å². The van der Waals surface area contributed by atoms with Crippen LogP contribution in [0.4, 0.5) is 0 Å². The molecule has 0 radical (unpaired) electrons. The average molecular weight is 416 g/mol. The molecule has 3 N–H and O–H groups in total. The zero-order chi connectivity index (χ0) is 20.9. The van der Waals surface area contributed by atoms with Gasteiger partial charge in [-0.05, 0) is 24.3 Å². The highest BCUT2D eigenvalue weighted by atomic mass is 32.2. The van der Waals surface area contributed by atoms with Gasteiger partial charge in [0.25, 0.3) is 11.8 Å². The fourth-order valence-corrected chi connectivity index (χ4v) is 3.29.